The number of hydrogen-bond donors (Lipinski definition) is 2. The van der Waals surface area contributed by atoms with Crippen molar-refractivity contribution in [3.05, 3.63) is 65.5 Å². The van der Waals surface area contributed by atoms with Gasteiger partial charge in [-0.3, -0.25) is 4.90 Å². The first kappa shape index (κ1) is 26.5. The zero-order valence-corrected chi connectivity index (χ0v) is 23.8. The number of carbonyl (C=O) groups excluding carboxylic acids is 1. The van der Waals surface area contributed by atoms with E-state index in [9.17, 15) is 4.79 Å². The highest BCUT2D eigenvalue weighted by atomic mass is 32.1. The molecule has 2 aliphatic heterocycles. The van der Waals surface area contributed by atoms with E-state index >= 15 is 0 Å². The first-order chi connectivity index (χ1) is 19.6. The molecule has 0 atom stereocenters. The molecule has 0 spiro atoms. The standard InChI is InChI=1S/C30H35N7O2S/c1-35-15-17-37(18-16-35)25-10-13-36(14-11-25)24-8-6-22(7-9-24)32-30-33-26-12-19-40-27(26)28(34-30)31-23-5-3-4-21(20-23)29(38)39-2/h3-9,12,19-20,25H,10-11,13-18H2,1-2H3,(H2,31,32,33,34). The molecule has 2 saturated heterocycles. The van der Waals surface area contributed by atoms with Gasteiger partial charge >= 0.3 is 5.97 Å². The second-order valence-electron chi connectivity index (χ2n) is 10.5. The fraction of sp³-hybridized carbons (Fsp3) is 0.367. The molecule has 2 aromatic heterocycles. The maximum Gasteiger partial charge on any atom is 0.337 e. The van der Waals surface area contributed by atoms with Crippen LogP contribution in [0.15, 0.2) is 60.0 Å². The summed E-state index contributed by atoms with van der Waals surface area (Å²) >= 11 is 1.57. The Hall–Kier alpha value is -3.73. The van der Waals surface area contributed by atoms with E-state index in [0.717, 1.165) is 34.7 Å². The molecule has 4 aromatic rings. The summed E-state index contributed by atoms with van der Waals surface area (Å²) in [6, 6.07) is 18.4. The van der Waals surface area contributed by atoms with E-state index in [1.807, 2.05) is 23.6 Å². The number of nitrogens with zero attached hydrogens (tertiary/aromatic N) is 5. The Labute approximate surface area is 238 Å². The number of rotatable bonds is 7. The summed E-state index contributed by atoms with van der Waals surface area (Å²) in [4.78, 5) is 29.1. The van der Waals surface area contributed by atoms with Crippen molar-refractivity contribution in [1.82, 2.24) is 19.8 Å². The molecule has 10 heteroatoms. The van der Waals surface area contributed by atoms with Crippen LogP contribution in [-0.4, -0.2) is 85.2 Å². The molecule has 0 bridgehead atoms. The lowest BCUT2D eigenvalue weighted by Gasteiger charge is -2.42. The number of hydrogen-bond acceptors (Lipinski definition) is 10. The highest BCUT2D eigenvalue weighted by molar-refractivity contribution is 7.17. The number of anilines is 5. The van der Waals surface area contributed by atoms with Gasteiger partial charge in [-0.2, -0.15) is 4.98 Å². The molecule has 0 radical (unpaired) electrons. The first-order valence-electron chi connectivity index (χ1n) is 13.8. The van der Waals surface area contributed by atoms with Crippen molar-refractivity contribution in [2.24, 2.45) is 0 Å². The lowest BCUT2D eigenvalue weighted by Crippen LogP contribution is -2.52. The lowest BCUT2D eigenvalue weighted by atomic mass is 10.0. The van der Waals surface area contributed by atoms with Crippen LogP contribution in [0, 0.1) is 0 Å². The maximum atomic E-state index is 12.0. The topological polar surface area (TPSA) is 85.9 Å². The van der Waals surface area contributed by atoms with Gasteiger partial charge in [0.25, 0.3) is 0 Å². The van der Waals surface area contributed by atoms with Crippen molar-refractivity contribution >= 4 is 56.4 Å². The second-order valence-corrected chi connectivity index (χ2v) is 11.4. The minimum absolute atomic E-state index is 0.377. The van der Waals surface area contributed by atoms with Gasteiger partial charge in [0.05, 0.1) is 22.9 Å². The van der Waals surface area contributed by atoms with E-state index in [1.165, 1.54) is 51.8 Å². The molecule has 4 heterocycles. The summed E-state index contributed by atoms with van der Waals surface area (Å²) in [7, 11) is 3.60. The minimum atomic E-state index is -0.377. The molecule has 0 aliphatic carbocycles. The van der Waals surface area contributed by atoms with Crippen LogP contribution in [0.3, 0.4) is 0 Å². The third-order valence-electron chi connectivity index (χ3n) is 7.86. The zero-order valence-electron chi connectivity index (χ0n) is 23.0. The van der Waals surface area contributed by atoms with Crippen LogP contribution in [0.2, 0.25) is 0 Å². The molecule has 40 heavy (non-hydrogen) atoms. The SMILES string of the molecule is COC(=O)c1cccc(Nc2nc(Nc3ccc(N4CCC(N5CCN(C)CC5)CC4)cc3)nc3ccsc23)c1. The molecule has 0 unspecified atom stereocenters. The number of piperidine rings is 1. The number of ether oxygens (including phenoxy) is 1. The van der Waals surface area contributed by atoms with Gasteiger partial charge in [-0.25, -0.2) is 9.78 Å². The van der Waals surface area contributed by atoms with Gasteiger partial charge in [-0.05, 0) is 73.8 Å². The number of esters is 1. The van der Waals surface area contributed by atoms with Gasteiger partial charge in [0.15, 0.2) is 5.82 Å². The van der Waals surface area contributed by atoms with Crippen molar-refractivity contribution in [2.75, 3.05) is 69.0 Å². The summed E-state index contributed by atoms with van der Waals surface area (Å²) < 4.78 is 5.81. The van der Waals surface area contributed by atoms with E-state index < -0.39 is 0 Å². The Kier molecular flexibility index (Phi) is 7.81. The summed E-state index contributed by atoms with van der Waals surface area (Å²) in [5, 5.41) is 8.73. The van der Waals surface area contributed by atoms with Crippen molar-refractivity contribution in [3.8, 4) is 0 Å². The highest BCUT2D eigenvalue weighted by Gasteiger charge is 2.26. The fourth-order valence-electron chi connectivity index (χ4n) is 5.54. The number of nitrogens with one attached hydrogen (secondary N) is 2. The van der Waals surface area contributed by atoms with Crippen molar-refractivity contribution in [2.45, 2.75) is 18.9 Å². The van der Waals surface area contributed by atoms with Crippen molar-refractivity contribution in [3.63, 3.8) is 0 Å². The molecule has 0 amide bonds. The van der Waals surface area contributed by atoms with Gasteiger partial charge in [-0.15, -0.1) is 11.3 Å². The van der Waals surface area contributed by atoms with E-state index in [1.54, 1.807) is 23.5 Å². The van der Waals surface area contributed by atoms with Crippen molar-refractivity contribution < 1.29 is 9.53 Å². The van der Waals surface area contributed by atoms with Crippen molar-refractivity contribution in [1.29, 1.82) is 0 Å². The average Bonchev–Trinajstić information content (AvgIpc) is 3.47. The van der Waals surface area contributed by atoms with E-state index in [-0.39, 0.29) is 5.97 Å². The highest BCUT2D eigenvalue weighted by Crippen LogP contribution is 2.31. The van der Waals surface area contributed by atoms with Crippen LogP contribution in [0.4, 0.5) is 28.8 Å². The first-order valence-corrected chi connectivity index (χ1v) is 14.7. The summed E-state index contributed by atoms with van der Waals surface area (Å²) in [5.74, 6) is 0.820. The molecule has 2 N–H and O–H groups in total. The van der Waals surface area contributed by atoms with Gasteiger partial charge in [-0.1, -0.05) is 6.07 Å². The van der Waals surface area contributed by atoms with Crippen LogP contribution < -0.4 is 15.5 Å². The van der Waals surface area contributed by atoms with E-state index in [2.05, 4.69) is 56.6 Å². The number of carbonyl (C=O) groups is 1. The zero-order chi connectivity index (χ0) is 27.5. The van der Waals surface area contributed by atoms with Gasteiger partial charge < -0.3 is 25.2 Å². The number of thiophene rings is 1. The number of piperazine rings is 1. The number of methoxy groups -OCH3 is 1. The third-order valence-corrected chi connectivity index (χ3v) is 8.77. The van der Waals surface area contributed by atoms with Crippen LogP contribution in [0.25, 0.3) is 10.2 Å². The summed E-state index contributed by atoms with van der Waals surface area (Å²) in [5.41, 5.74) is 4.27. The van der Waals surface area contributed by atoms with Gasteiger partial charge in [0.1, 0.15) is 0 Å². The number of aromatic nitrogens is 2. The largest absolute Gasteiger partial charge is 0.465 e. The van der Waals surface area contributed by atoms with Crippen LogP contribution >= 0.6 is 11.3 Å². The fourth-order valence-corrected chi connectivity index (χ4v) is 6.32. The summed E-state index contributed by atoms with van der Waals surface area (Å²) in [6.07, 6.45) is 2.44. The molecule has 208 valence electrons. The Balaban J connectivity index is 1.12. The molecule has 2 aromatic carbocycles. The average molecular weight is 558 g/mol. The quantitative estimate of drug-likeness (QED) is 0.299. The van der Waals surface area contributed by atoms with E-state index in [0.29, 0.717) is 23.4 Å². The number of benzene rings is 2. The van der Waals surface area contributed by atoms with Crippen LogP contribution in [-0.2, 0) is 4.74 Å². The summed E-state index contributed by atoms with van der Waals surface area (Å²) in [6.45, 7) is 6.92. The molecule has 0 saturated carbocycles. The predicted octanol–water partition coefficient (Wildman–Crippen LogP) is 5.18. The molecular formula is C30H35N7O2S. The number of likely N-dealkylation sites (N-methyl/N-ethyl adjacent to an activating group) is 1. The molecular weight excluding hydrogens is 522 g/mol. The third kappa shape index (κ3) is 5.89. The van der Waals surface area contributed by atoms with Crippen LogP contribution in [0.1, 0.15) is 23.2 Å². The van der Waals surface area contributed by atoms with Gasteiger partial charge in [0, 0.05) is 62.4 Å². The normalized spacial score (nSPS) is 17.2. The molecule has 2 aliphatic rings. The second kappa shape index (κ2) is 11.8. The lowest BCUT2D eigenvalue weighted by molar-refractivity contribution is 0.0601. The maximum absolute atomic E-state index is 12.0. The molecule has 6 rings (SSSR count). The number of fused-ring (bicyclic) bond motifs is 1. The molecule has 9 nitrogen and oxygen atoms in total. The monoisotopic (exact) mass is 557 g/mol. The van der Waals surface area contributed by atoms with E-state index in [4.69, 9.17) is 14.7 Å². The Morgan fingerprint density at radius 3 is 2.45 bits per heavy atom. The Morgan fingerprint density at radius 1 is 0.925 bits per heavy atom. The minimum Gasteiger partial charge on any atom is -0.465 e. The molecule has 2 fully saturated rings. The predicted molar refractivity (Wildman–Crippen MR) is 163 cm³/mol. The Morgan fingerprint density at radius 2 is 1.70 bits per heavy atom. The van der Waals surface area contributed by atoms with Gasteiger partial charge in [0.2, 0.25) is 5.95 Å². The Bertz CT molecular complexity index is 1460. The van der Waals surface area contributed by atoms with Crippen LogP contribution in [0.5, 0.6) is 0 Å². The smallest absolute Gasteiger partial charge is 0.337 e.